The van der Waals surface area contributed by atoms with Gasteiger partial charge in [-0.05, 0) is 19.1 Å². The highest BCUT2D eigenvalue weighted by Gasteiger charge is 2.33. The Morgan fingerprint density at radius 1 is 1.42 bits per heavy atom. The molecule has 3 N–H and O–H groups in total. The Hall–Kier alpha value is -1.87. The van der Waals surface area contributed by atoms with E-state index >= 15 is 0 Å². The van der Waals surface area contributed by atoms with Gasteiger partial charge in [0.25, 0.3) is 5.69 Å². The van der Waals surface area contributed by atoms with Crippen LogP contribution in [0.15, 0.2) is 18.2 Å². The van der Waals surface area contributed by atoms with Gasteiger partial charge in [0.15, 0.2) is 5.72 Å². The molecule has 19 heavy (non-hydrogen) atoms. The maximum atomic E-state index is 12.4. The van der Waals surface area contributed by atoms with E-state index in [1.807, 2.05) is 0 Å². The van der Waals surface area contributed by atoms with Crippen molar-refractivity contribution in [1.29, 1.82) is 0 Å². The van der Waals surface area contributed by atoms with Gasteiger partial charge in [-0.25, -0.2) is 0 Å². The second-order valence-corrected chi connectivity index (χ2v) is 4.04. The highest BCUT2D eigenvalue weighted by atomic mass is 19.4. The summed E-state index contributed by atoms with van der Waals surface area (Å²) in [6, 6.07) is 1.82. The van der Waals surface area contributed by atoms with Gasteiger partial charge in [0.05, 0.1) is 17.1 Å². The predicted molar refractivity (Wildman–Crippen MR) is 59.4 cm³/mol. The van der Waals surface area contributed by atoms with Crippen LogP contribution >= 0.6 is 0 Å². The summed E-state index contributed by atoms with van der Waals surface area (Å²) >= 11 is 0. The second kappa shape index (κ2) is 5.02. The minimum absolute atomic E-state index is 0.322. The molecule has 1 unspecified atom stereocenters. The molecule has 1 aromatic rings. The first-order valence-corrected chi connectivity index (χ1v) is 5.04. The van der Waals surface area contributed by atoms with Gasteiger partial charge < -0.3 is 15.5 Å². The van der Waals surface area contributed by atoms with Crippen LogP contribution in [0.2, 0.25) is 0 Å². The van der Waals surface area contributed by atoms with Gasteiger partial charge >= 0.3 is 6.18 Å². The average molecular weight is 280 g/mol. The normalized spacial score (nSPS) is 14.8. The molecule has 1 rings (SSSR count). The summed E-state index contributed by atoms with van der Waals surface area (Å²) in [5.41, 5.74) is -4.22. The molecule has 0 aliphatic rings. The van der Waals surface area contributed by atoms with Crippen LogP contribution in [0.4, 0.5) is 24.5 Å². The number of alkyl halides is 3. The molecule has 0 saturated carbocycles. The van der Waals surface area contributed by atoms with Crippen molar-refractivity contribution in [2.24, 2.45) is 0 Å². The number of nitrogens with one attached hydrogen (secondary N) is 1. The average Bonchev–Trinajstić information content (AvgIpc) is 2.27. The van der Waals surface area contributed by atoms with Crippen LogP contribution in [-0.4, -0.2) is 27.5 Å². The minimum atomic E-state index is -4.71. The molecular weight excluding hydrogens is 269 g/mol. The van der Waals surface area contributed by atoms with Crippen LogP contribution < -0.4 is 5.32 Å². The van der Waals surface area contributed by atoms with Crippen molar-refractivity contribution in [1.82, 2.24) is 0 Å². The van der Waals surface area contributed by atoms with Crippen molar-refractivity contribution in [3.63, 3.8) is 0 Å². The third-order valence-corrected chi connectivity index (χ3v) is 2.23. The number of hydrogen-bond acceptors (Lipinski definition) is 5. The number of aliphatic hydroxyl groups excluding tert-OH is 1. The highest BCUT2D eigenvalue weighted by molar-refractivity contribution is 5.63. The lowest BCUT2D eigenvalue weighted by atomic mass is 10.1. The van der Waals surface area contributed by atoms with E-state index in [1.165, 1.54) is 0 Å². The largest absolute Gasteiger partial charge is 0.416 e. The van der Waals surface area contributed by atoms with Gasteiger partial charge in [-0.3, -0.25) is 10.1 Å². The smallest absolute Gasteiger partial charge is 0.391 e. The Morgan fingerprint density at radius 3 is 2.42 bits per heavy atom. The van der Waals surface area contributed by atoms with Crippen LogP contribution in [0.5, 0.6) is 0 Å². The Labute approximate surface area is 105 Å². The van der Waals surface area contributed by atoms with E-state index in [0.29, 0.717) is 12.1 Å². The maximum absolute atomic E-state index is 12.4. The zero-order chi connectivity index (χ0) is 14.8. The third-order valence-electron chi connectivity index (χ3n) is 2.23. The molecule has 0 fully saturated rings. The lowest BCUT2D eigenvalue weighted by Crippen LogP contribution is -2.38. The molecule has 0 spiro atoms. The number of benzene rings is 1. The molecule has 0 amide bonds. The van der Waals surface area contributed by atoms with E-state index in [1.54, 1.807) is 0 Å². The summed E-state index contributed by atoms with van der Waals surface area (Å²) in [6.07, 6.45) is -4.71. The number of nitrogens with zero attached hydrogens (tertiary/aromatic N) is 1. The van der Waals surface area contributed by atoms with Crippen LogP contribution in [0.25, 0.3) is 0 Å². The van der Waals surface area contributed by atoms with Crippen molar-refractivity contribution in [2.75, 3.05) is 11.9 Å². The molecule has 0 saturated heterocycles. The van der Waals surface area contributed by atoms with E-state index in [4.69, 9.17) is 5.11 Å². The summed E-state index contributed by atoms with van der Waals surface area (Å²) in [5, 5.41) is 31.2. The monoisotopic (exact) mass is 280 g/mol. The fraction of sp³-hybridized carbons (Fsp3) is 0.400. The van der Waals surface area contributed by atoms with Gasteiger partial charge in [-0.2, -0.15) is 13.2 Å². The van der Waals surface area contributed by atoms with Crippen molar-refractivity contribution >= 4 is 11.4 Å². The lowest BCUT2D eigenvalue weighted by molar-refractivity contribution is -0.384. The molecule has 1 atom stereocenters. The van der Waals surface area contributed by atoms with Gasteiger partial charge in [-0.15, -0.1) is 0 Å². The summed E-state index contributed by atoms with van der Waals surface area (Å²) in [7, 11) is 0. The summed E-state index contributed by atoms with van der Waals surface area (Å²) in [6.45, 7) is 0.347. The van der Waals surface area contributed by atoms with Crippen LogP contribution in [-0.2, 0) is 6.18 Å². The first-order chi connectivity index (χ1) is 8.57. The van der Waals surface area contributed by atoms with Gasteiger partial charge in [0.1, 0.15) is 5.69 Å². The Morgan fingerprint density at radius 2 is 2.00 bits per heavy atom. The van der Waals surface area contributed by atoms with E-state index in [-0.39, 0.29) is 5.69 Å². The lowest BCUT2D eigenvalue weighted by Gasteiger charge is -2.23. The minimum Gasteiger partial charge on any atom is -0.391 e. The van der Waals surface area contributed by atoms with Crippen molar-refractivity contribution in [3.8, 4) is 0 Å². The fourth-order valence-electron chi connectivity index (χ4n) is 1.29. The standard InChI is InChI=1S/C10H11F3N2O4/c1-9(17,5-16)14-7-3-2-6(10(11,12)13)4-8(7)15(18)19/h2-4,14,16-17H,5H2,1H3. The molecular formula is C10H11F3N2O4. The quantitative estimate of drug-likeness (QED) is 0.443. The topological polar surface area (TPSA) is 95.6 Å². The number of nitro groups is 1. The number of halogens is 3. The fourth-order valence-corrected chi connectivity index (χ4v) is 1.29. The Bertz CT molecular complexity index is 488. The molecule has 1 aromatic carbocycles. The van der Waals surface area contributed by atoms with Crippen LogP contribution in [0.1, 0.15) is 12.5 Å². The summed E-state index contributed by atoms with van der Waals surface area (Å²) in [5.74, 6) is 0. The predicted octanol–water partition coefficient (Wildman–Crippen LogP) is 1.73. The zero-order valence-corrected chi connectivity index (χ0v) is 9.73. The molecule has 6 nitrogen and oxygen atoms in total. The Balaban J connectivity index is 3.24. The van der Waals surface area contributed by atoms with Crippen LogP contribution in [0.3, 0.4) is 0 Å². The second-order valence-electron chi connectivity index (χ2n) is 4.04. The number of rotatable bonds is 4. The molecule has 0 aliphatic carbocycles. The SMILES string of the molecule is CC(O)(CO)Nc1ccc(C(F)(F)F)cc1[N+](=O)[O-]. The van der Waals surface area contributed by atoms with Gasteiger partial charge in [0, 0.05) is 6.07 Å². The molecule has 0 radical (unpaired) electrons. The van der Waals surface area contributed by atoms with Crippen molar-refractivity contribution in [2.45, 2.75) is 18.8 Å². The Kier molecular flexibility index (Phi) is 4.01. The number of nitro benzene ring substituents is 1. The van der Waals surface area contributed by atoms with Gasteiger partial charge in [-0.1, -0.05) is 0 Å². The summed E-state index contributed by atoms with van der Waals surface area (Å²) in [4.78, 5) is 9.72. The van der Waals surface area contributed by atoms with Crippen molar-refractivity contribution < 1.29 is 28.3 Å². The van der Waals surface area contributed by atoms with Gasteiger partial charge in [0.2, 0.25) is 0 Å². The molecule has 0 heterocycles. The maximum Gasteiger partial charge on any atom is 0.416 e. The molecule has 0 bridgehead atoms. The van der Waals surface area contributed by atoms with E-state index in [0.717, 1.165) is 13.0 Å². The number of aliphatic hydroxyl groups is 2. The third kappa shape index (κ3) is 3.80. The van der Waals surface area contributed by atoms with Crippen molar-refractivity contribution in [3.05, 3.63) is 33.9 Å². The molecule has 106 valence electrons. The zero-order valence-electron chi connectivity index (χ0n) is 9.73. The van der Waals surface area contributed by atoms with E-state index in [2.05, 4.69) is 5.32 Å². The molecule has 0 aliphatic heterocycles. The first-order valence-electron chi connectivity index (χ1n) is 5.04. The van der Waals surface area contributed by atoms with Crippen LogP contribution in [0, 0.1) is 10.1 Å². The highest BCUT2D eigenvalue weighted by Crippen LogP contribution is 2.35. The number of hydrogen-bond donors (Lipinski definition) is 3. The number of anilines is 1. The van der Waals surface area contributed by atoms with E-state index in [9.17, 15) is 28.4 Å². The van der Waals surface area contributed by atoms with E-state index < -0.39 is 34.7 Å². The molecule has 9 heteroatoms. The first kappa shape index (κ1) is 15.2. The molecule has 0 aromatic heterocycles. The summed E-state index contributed by atoms with van der Waals surface area (Å²) < 4.78 is 37.3.